The van der Waals surface area contributed by atoms with Crippen molar-refractivity contribution in [1.82, 2.24) is 9.99 Å². The molecule has 1 aliphatic rings. The van der Waals surface area contributed by atoms with Crippen LogP contribution in [0.15, 0.2) is 54.6 Å². The fraction of sp³-hybridized carbons (Fsp3) is 0.304. The average Bonchev–Trinajstić information content (AvgIpc) is 2.92. The van der Waals surface area contributed by atoms with E-state index < -0.39 is 0 Å². The Morgan fingerprint density at radius 1 is 0.926 bits per heavy atom. The molecule has 1 fully saturated rings. The number of rotatable bonds is 3. The van der Waals surface area contributed by atoms with E-state index in [0.29, 0.717) is 0 Å². The van der Waals surface area contributed by atoms with E-state index >= 15 is 0 Å². The fourth-order valence-corrected chi connectivity index (χ4v) is 3.91. The van der Waals surface area contributed by atoms with Crippen LogP contribution in [0, 0.1) is 18.3 Å². The molecule has 2 aromatic carbocycles. The molecule has 3 aromatic rings. The molecule has 2 heterocycles. The molecule has 4 heteroatoms. The lowest BCUT2D eigenvalue weighted by Crippen LogP contribution is -2.42. The van der Waals surface area contributed by atoms with Crippen molar-refractivity contribution in [2.75, 3.05) is 18.1 Å². The molecule has 0 bridgehead atoms. The minimum absolute atomic E-state index is 0.732. The van der Waals surface area contributed by atoms with E-state index in [1.165, 1.54) is 24.9 Å². The van der Waals surface area contributed by atoms with Gasteiger partial charge < -0.3 is 5.01 Å². The van der Waals surface area contributed by atoms with Gasteiger partial charge in [-0.2, -0.15) is 5.26 Å². The minimum atomic E-state index is 0.732. The molecule has 0 unspecified atom stereocenters. The van der Waals surface area contributed by atoms with E-state index in [1.54, 1.807) is 0 Å². The van der Waals surface area contributed by atoms with Gasteiger partial charge in [0.25, 0.3) is 0 Å². The van der Waals surface area contributed by atoms with Crippen molar-refractivity contribution in [2.45, 2.75) is 32.7 Å². The van der Waals surface area contributed by atoms with Gasteiger partial charge in [-0.15, -0.1) is 0 Å². The number of fused-ring (bicyclic) bond motifs is 1. The van der Waals surface area contributed by atoms with Gasteiger partial charge in [0.05, 0.1) is 29.6 Å². The first-order valence-corrected chi connectivity index (χ1v) is 9.63. The summed E-state index contributed by atoms with van der Waals surface area (Å²) in [5, 5.41) is 16.5. The third-order valence-corrected chi connectivity index (χ3v) is 5.22. The van der Waals surface area contributed by atoms with Crippen LogP contribution in [0.4, 0.5) is 5.69 Å². The molecule has 0 radical (unpaired) electrons. The third kappa shape index (κ3) is 3.65. The molecular formula is C23H24N4. The molecule has 4 rings (SSSR count). The molecule has 1 saturated heterocycles. The molecule has 0 amide bonds. The molecule has 0 saturated carbocycles. The zero-order chi connectivity index (χ0) is 18.6. The standard InChI is InChI=1S/C23H24N4/c1-18-8-7-9-20(25-18)17-26-14-5-2-6-15-27(26)23-13-12-19(16-24)21-10-3-4-11-22(21)23/h3-4,7-13H,2,5-6,14-15,17H2,1H3. The number of nitrogens with zero attached hydrogens (tertiary/aromatic N) is 4. The number of nitriles is 1. The van der Waals surface area contributed by atoms with Crippen molar-refractivity contribution >= 4 is 16.5 Å². The van der Waals surface area contributed by atoms with E-state index in [1.807, 2.05) is 31.2 Å². The first-order chi connectivity index (χ1) is 13.3. The van der Waals surface area contributed by atoms with Crippen LogP contribution in [0.3, 0.4) is 0 Å². The van der Waals surface area contributed by atoms with Crippen LogP contribution in [0.25, 0.3) is 10.8 Å². The Morgan fingerprint density at radius 3 is 2.56 bits per heavy atom. The van der Waals surface area contributed by atoms with Crippen molar-refractivity contribution in [3.05, 3.63) is 71.5 Å². The van der Waals surface area contributed by atoms with E-state index in [0.717, 1.165) is 47.4 Å². The lowest BCUT2D eigenvalue weighted by atomic mass is 10.0. The minimum Gasteiger partial charge on any atom is -0.305 e. The summed E-state index contributed by atoms with van der Waals surface area (Å²) >= 11 is 0. The lowest BCUT2D eigenvalue weighted by Gasteiger charge is -2.36. The number of benzene rings is 2. The summed E-state index contributed by atoms with van der Waals surface area (Å²) < 4.78 is 0. The molecule has 4 nitrogen and oxygen atoms in total. The van der Waals surface area contributed by atoms with Gasteiger partial charge in [-0.25, -0.2) is 5.01 Å². The van der Waals surface area contributed by atoms with Crippen LogP contribution in [0.1, 0.15) is 36.2 Å². The van der Waals surface area contributed by atoms with Gasteiger partial charge in [0, 0.05) is 29.6 Å². The molecule has 1 aliphatic heterocycles. The second-order valence-electron chi connectivity index (χ2n) is 7.13. The molecule has 0 atom stereocenters. The topological polar surface area (TPSA) is 43.2 Å². The Balaban J connectivity index is 1.75. The van der Waals surface area contributed by atoms with Crippen molar-refractivity contribution < 1.29 is 0 Å². The Bertz CT molecular complexity index is 989. The Kier molecular flexibility index (Phi) is 5.04. The van der Waals surface area contributed by atoms with Gasteiger partial charge in [-0.05, 0) is 44.0 Å². The predicted molar refractivity (Wildman–Crippen MR) is 109 cm³/mol. The van der Waals surface area contributed by atoms with Crippen LogP contribution in [0.5, 0.6) is 0 Å². The summed E-state index contributed by atoms with van der Waals surface area (Å²) in [4.78, 5) is 4.70. The summed E-state index contributed by atoms with van der Waals surface area (Å²) in [6.45, 7) is 4.85. The largest absolute Gasteiger partial charge is 0.305 e. The highest BCUT2D eigenvalue weighted by molar-refractivity contribution is 5.97. The summed E-state index contributed by atoms with van der Waals surface area (Å²) in [6.07, 6.45) is 3.60. The van der Waals surface area contributed by atoms with E-state index in [-0.39, 0.29) is 0 Å². The normalized spacial score (nSPS) is 15.5. The number of hydrogen-bond acceptors (Lipinski definition) is 4. The summed E-state index contributed by atoms with van der Waals surface area (Å²) in [5.41, 5.74) is 4.06. The van der Waals surface area contributed by atoms with Crippen LogP contribution in [-0.4, -0.2) is 23.1 Å². The first-order valence-electron chi connectivity index (χ1n) is 9.63. The first kappa shape index (κ1) is 17.5. The maximum atomic E-state index is 9.47. The summed E-state index contributed by atoms with van der Waals surface area (Å²) in [5.74, 6) is 0. The van der Waals surface area contributed by atoms with Gasteiger partial charge in [0.1, 0.15) is 0 Å². The number of aryl methyl sites for hydroxylation is 1. The highest BCUT2D eigenvalue weighted by atomic mass is 15.6. The third-order valence-electron chi connectivity index (χ3n) is 5.22. The van der Waals surface area contributed by atoms with Crippen molar-refractivity contribution in [3.8, 4) is 6.07 Å². The maximum absolute atomic E-state index is 9.47. The van der Waals surface area contributed by atoms with Crippen LogP contribution in [-0.2, 0) is 6.54 Å². The SMILES string of the molecule is Cc1cccc(CN2CCCCCN2c2ccc(C#N)c3ccccc23)n1. The van der Waals surface area contributed by atoms with Crippen LogP contribution >= 0.6 is 0 Å². The number of aromatic nitrogens is 1. The van der Waals surface area contributed by atoms with Gasteiger partial charge in [-0.1, -0.05) is 36.8 Å². The molecule has 0 aliphatic carbocycles. The van der Waals surface area contributed by atoms with E-state index in [4.69, 9.17) is 4.98 Å². The monoisotopic (exact) mass is 356 g/mol. The highest BCUT2D eigenvalue weighted by Crippen LogP contribution is 2.32. The molecule has 1 aromatic heterocycles. The second kappa shape index (κ2) is 7.77. The number of hydrogen-bond donors (Lipinski definition) is 0. The zero-order valence-electron chi connectivity index (χ0n) is 15.7. The fourth-order valence-electron chi connectivity index (χ4n) is 3.91. The molecular weight excluding hydrogens is 332 g/mol. The molecule has 0 spiro atoms. The van der Waals surface area contributed by atoms with Crippen molar-refractivity contribution in [2.24, 2.45) is 0 Å². The second-order valence-corrected chi connectivity index (χ2v) is 7.13. The van der Waals surface area contributed by atoms with Crippen molar-refractivity contribution in [3.63, 3.8) is 0 Å². The molecule has 136 valence electrons. The quantitative estimate of drug-likeness (QED) is 0.675. The summed E-state index contributed by atoms with van der Waals surface area (Å²) in [6, 6.07) is 20.8. The number of pyridine rings is 1. The van der Waals surface area contributed by atoms with Gasteiger partial charge in [0.2, 0.25) is 0 Å². The predicted octanol–water partition coefficient (Wildman–Crippen LogP) is 4.82. The maximum Gasteiger partial charge on any atom is 0.0998 e. The Morgan fingerprint density at radius 2 is 1.74 bits per heavy atom. The van der Waals surface area contributed by atoms with E-state index in [9.17, 15) is 5.26 Å². The smallest absolute Gasteiger partial charge is 0.0998 e. The Labute approximate surface area is 160 Å². The lowest BCUT2D eigenvalue weighted by molar-refractivity contribution is 0.250. The van der Waals surface area contributed by atoms with E-state index in [2.05, 4.69) is 46.4 Å². The number of anilines is 1. The average molecular weight is 356 g/mol. The van der Waals surface area contributed by atoms with Gasteiger partial charge >= 0.3 is 0 Å². The van der Waals surface area contributed by atoms with Crippen molar-refractivity contribution in [1.29, 1.82) is 5.26 Å². The van der Waals surface area contributed by atoms with Crippen LogP contribution in [0.2, 0.25) is 0 Å². The van der Waals surface area contributed by atoms with Gasteiger partial charge in [-0.3, -0.25) is 4.98 Å². The zero-order valence-corrected chi connectivity index (χ0v) is 15.7. The number of hydrazine groups is 1. The Hall–Kier alpha value is -2.90. The van der Waals surface area contributed by atoms with Crippen LogP contribution < -0.4 is 5.01 Å². The molecule has 27 heavy (non-hydrogen) atoms. The van der Waals surface area contributed by atoms with Gasteiger partial charge in [0.15, 0.2) is 0 Å². The summed E-state index contributed by atoms with van der Waals surface area (Å²) in [7, 11) is 0. The highest BCUT2D eigenvalue weighted by Gasteiger charge is 2.22. The molecule has 0 N–H and O–H groups in total.